The highest BCUT2D eigenvalue weighted by Crippen LogP contribution is 2.24. The first-order valence-electron chi connectivity index (χ1n) is 10.7. The standard InChI is InChI=1S/C24H24N6O4S2/c1-13-21(35-23(25-13)29-27-15(3)31)19(33)11-9-17-5-7-18(8-6-17)10-12-20(34)22-14(2)26-24(36-22)30-28-16(4)32/h5-12H,1-4H3,(H,25,29)(H,26,30)(H,27,31)(H,28,32)/b11-9-,12-10-. The van der Waals surface area contributed by atoms with Gasteiger partial charge in [0.15, 0.2) is 11.6 Å². The van der Waals surface area contributed by atoms with Crippen molar-refractivity contribution in [2.45, 2.75) is 27.7 Å². The van der Waals surface area contributed by atoms with E-state index in [2.05, 4.69) is 31.7 Å². The molecule has 4 N–H and O–H groups in total. The number of allylic oxidation sites excluding steroid dienone is 2. The van der Waals surface area contributed by atoms with E-state index in [0.717, 1.165) is 33.8 Å². The molecule has 0 radical (unpaired) electrons. The van der Waals surface area contributed by atoms with E-state index in [9.17, 15) is 19.2 Å². The number of aryl methyl sites for hydroxylation is 2. The molecule has 12 heteroatoms. The predicted octanol–water partition coefficient (Wildman–Crippen LogP) is 3.93. The first kappa shape index (κ1) is 26.4. The molecular weight excluding hydrogens is 500 g/mol. The number of anilines is 2. The summed E-state index contributed by atoms with van der Waals surface area (Å²) in [5.74, 6) is -0.908. The molecule has 0 unspecified atom stereocenters. The van der Waals surface area contributed by atoms with Gasteiger partial charge in [0.25, 0.3) is 0 Å². The number of hydrogen-bond acceptors (Lipinski definition) is 10. The molecule has 0 aliphatic carbocycles. The van der Waals surface area contributed by atoms with Crippen LogP contribution in [-0.4, -0.2) is 33.3 Å². The molecule has 3 rings (SSSR count). The van der Waals surface area contributed by atoms with Crippen LogP contribution in [0.1, 0.15) is 55.7 Å². The summed E-state index contributed by atoms with van der Waals surface area (Å²) in [6.07, 6.45) is 6.34. The van der Waals surface area contributed by atoms with Gasteiger partial charge in [0.05, 0.1) is 21.1 Å². The topological polar surface area (TPSA) is 142 Å². The fraction of sp³-hybridized carbons (Fsp3) is 0.167. The molecule has 1 aromatic carbocycles. The van der Waals surface area contributed by atoms with Crippen LogP contribution in [-0.2, 0) is 9.59 Å². The largest absolute Gasteiger partial charge is 0.288 e. The van der Waals surface area contributed by atoms with Crippen LogP contribution < -0.4 is 21.7 Å². The number of carbonyl (C=O) groups is 4. The van der Waals surface area contributed by atoms with Gasteiger partial charge in [-0.2, -0.15) is 0 Å². The molecule has 36 heavy (non-hydrogen) atoms. The Labute approximate surface area is 215 Å². The molecule has 0 aliphatic heterocycles. The third-order valence-corrected chi connectivity index (χ3v) is 6.70. The molecule has 0 saturated carbocycles. The van der Waals surface area contributed by atoms with Crippen LogP contribution in [0.5, 0.6) is 0 Å². The second-order valence-corrected chi connectivity index (χ2v) is 9.54. The molecule has 2 heterocycles. The third-order valence-electron chi connectivity index (χ3n) is 4.52. The van der Waals surface area contributed by atoms with Crippen molar-refractivity contribution in [2.75, 3.05) is 10.9 Å². The second kappa shape index (κ2) is 12.0. The van der Waals surface area contributed by atoms with Gasteiger partial charge in [-0.3, -0.25) is 40.9 Å². The van der Waals surface area contributed by atoms with E-state index in [1.165, 1.54) is 26.0 Å². The van der Waals surface area contributed by atoms with Crippen molar-refractivity contribution in [2.24, 2.45) is 0 Å². The minimum Gasteiger partial charge on any atom is -0.288 e. The van der Waals surface area contributed by atoms with Crippen molar-refractivity contribution in [3.63, 3.8) is 0 Å². The third kappa shape index (κ3) is 7.42. The molecule has 3 aromatic rings. The minimum atomic E-state index is -0.262. The fourth-order valence-corrected chi connectivity index (χ4v) is 4.53. The van der Waals surface area contributed by atoms with E-state index in [4.69, 9.17) is 0 Å². The van der Waals surface area contributed by atoms with Crippen molar-refractivity contribution < 1.29 is 19.2 Å². The van der Waals surface area contributed by atoms with Gasteiger partial charge < -0.3 is 0 Å². The smallest absolute Gasteiger partial charge is 0.235 e. The van der Waals surface area contributed by atoms with Crippen LogP contribution in [0, 0.1) is 13.8 Å². The lowest BCUT2D eigenvalue weighted by Gasteiger charge is -1.99. The number of ketones is 2. The quantitative estimate of drug-likeness (QED) is 0.178. The molecule has 2 aromatic heterocycles. The number of nitrogens with one attached hydrogen (secondary N) is 4. The van der Waals surface area contributed by atoms with Gasteiger partial charge in [-0.05, 0) is 37.1 Å². The van der Waals surface area contributed by atoms with E-state index in [1.54, 1.807) is 26.0 Å². The molecule has 10 nitrogen and oxygen atoms in total. The number of nitrogens with zero attached hydrogens (tertiary/aromatic N) is 2. The molecule has 186 valence electrons. The normalized spacial score (nSPS) is 11.0. The first-order chi connectivity index (χ1) is 17.1. The van der Waals surface area contributed by atoms with E-state index >= 15 is 0 Å². The van der Waals surface area contributed by atoms with Crippen LogP contribution >= 0.6 is 22.7 Å². The number of benzene rings is 1. The fourth-order valence-electron chi connectivity index (χ4n) is 2.85. The maximum absolute atomic E-state index is 12.6. The van der Waals surface area contributed by atoms with Crippen molar-refractivity contribution in [1.29, 1.82) is 0 Å². The summed E-state index contributed by atoms with van der Waals surface area (Å²) >= 11 is 2.31. The summed E-state index contributed by atoms with van der Waals surface area (Å²) in [5, 5.41) is 0.859. The van der Waals surface area contributed by atoms with E-state index in [-0.39, 0.29) is 23.4 Å². The van der Waals surface area contributed by atoms with E-state index < -0.39 is 0 Å². The number of thiazole rings is 2. The summed E-state index contributed by atoms with van der Waals surface area (Å²) < 4.78 is 0. The maximum Gasteiger partial charge on any atom is 0.235 e. The monoisotopic (exact) mass is 524 g/mol. The SMILES string of the molecule is CC(=O)NNc1nc(C)c(C(=O)/C=C\c2ccc(/C=C\C(=O)c3sc(NNC(C)=O)nc3C)cc2)s1. The lowest BCUT2D eigenvalue weighted by Crippen LogP contribution is -2.26. The average molecular weight is 525 g/mol. The Bertz CT molecular complexity index is 1250. The molecule has 0 aliphatic rings. The summed E-state index contributed by atoms with van der Waals surface area (Å²) in [6, 6.07) is 7.35. The van der Waals surface area contributed by atoms with Gasteiger partial charge >= 0.3 is 0 Å². The van der Waals surface area contributed by atoms with Crippen LogP contribution in [0.3, 0.4) is 0 Å². The minimum absolute atomic E-state index is 0.192. The number of carbonyl (C=O) groups excluding carboxylic acids is 4. The van der Waals surface area contributed by atoms with Gasteiger partial charge in [0, 0.05) is 13.8 Å². The Morgan fingerprint density at radius 2 is 1.06 bits per heavy atom. The Balaban J connectivity index is 1.60. The summed E-state index contributed by atoms with van der Waals surface area (Å²) in [7, 11) is 0. The van der Waals surface area contributed by atoms with Crippen molar-refractivity contribution in [3.05, 3.63) is 68.7 Å². The van der Waals surface area contributed by atoms with Crippen LogP contribution in [0.2, 0.25) is 0 Å². The Hall–Kier alpha value is -4.16. The molecule has 0 spiro atoms. The molecule has 0 fully saturated rings. The van der Waals surface area contributed by atoms with Gasteiger partial charge in [-0.1, -0.05) is 59.1 Å². The highest BCUT2D eigenvalue weighted by molar-refractivity contribution is 7.18. The van der Waals surface area contributed by atoms with Gasteiger partial charge in [0.1, 0.15) is 0 Å². The Morgan fingerprint density at radius 3 is 1.39 bits per heavy atom. The van der Waals surface area contributed by atoms with Gasteiger partial charge in [-0.15, -0.1) is 0 Å². The summed E-state index contributed by atoms with van der Waals surface area (Å²) in [5.41, 5.74) is 13.0. The van der Waals surface area contributed by atoms with E-state index in [1.807, 2.05) is 24.3 Å². The van der Waals surface area contributed by atoms with Crippen molar-refractivity contribution in [3.8, 4) is 0 Å². The zero-order chi connectivity index (χ0) is 26.2. The summed E-state index contributed by atoms with van der Waals surface area (Å²) in [4.78, 5) is 56.6. The Kier molecular flexibility index (Phi) is 8.81. The number of amides is 2. The lowest BCUT2D eigenvalue weighted by molar-refractivity contribution is -0.119. The first-order valence-corrected chi connectivity index (χ1v) is 12.3. The zero-order valence-electron chi connectivity index (χ0n) is 20.0. The van der Waals surface area contributed by atoms with Gasteiger partial charge in [-0.25, -0.2) is 9.97 Å². The van der Waals surface area contributed by atoms with Crippen LogP contribution in [0.25, 0.3) is 12.2 Å². The highest BCUT2D eigenvalue weighted by atomic mass is 32.1. The number of hydrogen-bond donors (Lipinski definition) is 4. The van der Waals surface area contributed by atoms with E-state index in [0.29, 0.717) is 31.4 Å². The highest BCUT2D eigenvalue weighted by Gasteiger charge is 2.14. The molecular formula is C24H24N6O4S2. The molecule has 0 atom stereocenters. The molecule has 0 bridgehead atoms. The predicted molar refractivity (Wildman–Crippen MR) is 142 cm³/mol. The van der Waals surface area contributed by atoms with Crippen LogP contribution in [0.15, 0.2) is 36.4 Å². The molecule has 0 saturated heterocycles. The number of hydrazine groups is 2. The average Bonchev–Trinajstić information content (AvgIpc) is 3.40. The lowest BCUT2D eigenvalue weighted by atomic mass is 10.1. The Morgan fingerprint density at radius 1 is 0.694 bits per heavy atom. The number of rotatable bonds is 10. The van der Waals surface area contributed by atoms with Gasteiger partial charge in [0.2, 0.25) is 22.1 Å². The van der Waals surface area contributed by atoms with Crippen LogP contribution in [0.4, 0.5) is 10.3 Å². The zero-order valence-corrected chi connectivity index (χ0v) is 21.6. The molecule has 2 amide bonds. The number of aromatic nitrogens is 2. The second-order valence-electron chi connectivity index (χ2n) is 7.54. The maximum atomic E-state index is 12.6. The summed E-state index contributed by atoms with van der Waals surface area (Å²) in [6.45, 7) is 6.20. The van der Waals surface area contributed by atoms with Crippen molar-refractivity contribution in [1.82, 2.24) is 20.8 Å². The van der Waals surface area contributed by atoms with Crippen molar-refractivity contribution >= 4 is 68.5 Å².